The lowest BCUT2D eigenvalue weighted by molar-refractivity contribution is -0.137. The summed E-state index contributed by atoms with van der Waals surface area (Å²) < 4.78 is 38.0. The summed E-state index contributed by atoms with van der Waals surface area (Å²) in [5.74, 6) is -0.181. The highest BCUT2D eigenvalue weighted by Crippen LogP contribution is 2.29. The van der Waals surface area contributed by atoms with Crippen LogP contribution < -0.4 is 0 Å². The molecule has 126 valence electrons. The van der Waals surface area contributed by atoms with Crippen LogP contribution in [-0.4, -0.2) is 48.3 Å². The van der Waals surface area contributed by atoms with Gasteiger partial charge in [0, 0.05) is 33.1 Å². The van der Waals surface area contributed by atoms with Crippen molar-refractivity contribution in [2.45, 2.75) is 25.4 Å². The zero-order valence-corrected chi connectivity index (χ0v) is 12.9. The second-order valence-corrected chi connectivity index (χ2v) is 5.67. The van der Waals surface area contributed by atoms with E-state index in [1.165, 1.54) is 17.0 Å². The second kappa shape index (κ2) is 7.02. The van der Waals surface area contributed by atoms with E-state index in [4.69, 9.17) is 0 Å². The predicted molar refractivity (Wildman–Crippen MR) is 78.6 cm³/mol. The molecule has 1 heterocycles. The quantitative estimate of drug-likeness (QED) is 0.832. The standard InChI is InChI=1S/C16H19F3N2O2/c1-20(8-9-21-7-3-6-14(21)22)15(23)11-12-4-2-5-13(10-12)16(17,18)19/h2,4-5,10H,3,6-9,11H2,1H3. The number of likely N-dealkylation sites (tertiary alicyclic amines) is 1. The molecule has 1 aromatic carbocycles. The minimum atomic E-state index is -4.42. The third-order valence-corrected chi connectivity index (χ3v) is 3.91. The number of alkyl halides is 3. The number of likely N-dealkylation sites (N-methyl/N-ethyl adjacent to an activating group) is 1. The molecule has 1 saturated heterocycles. The molecule has 1 aliphatic rings. The van der Waals surface area contributed by atoms with Crippen molar-refractivity contribution in [1.82, 2.24) is 9.80 Å². The largest absolute Gasteiger partial charge is 0.416 e. The molecule has 0 saturated carbocycles. The smallest absolute Gasteiger partial charge is 0.344 e. The SMILES string of the molecule is CN(CCN1CCCC1=O)C(=O)Cc1cccc(C(F)(F)F)c1. The van der Waals surface area contributed by atoms with E-state index in [1.807, 2.05) is 0 Å². The summed E-state index contributed by atoms with van der Waals surface area (Å²) in [7, 11) is 1.59. The number of hydrogen-bond donors (Lipinski definition) is 0. The molecular weight excluding hydrogens is 309 g/mol. The Kier molecular flexibility index (Phi) is 5.28. The minimum absolute atomic E-state index is 0.0868. The fraction of sp³-hybridized carbons (Fsp3) is 0.500. The van der Waals surface area contributed by atoms with Crippen LogP contribution in [0.5, 0.6) is 0 Å². The summed E-state index contributed by atoms with van der Waals surface area (Å²) >= 11 is 0. The Hall–Kier alpha value is -2.05. The molecule has 4 nitrogen and oxygen atoms in total. The molecule has 1 aliphatic heterocycles. The molecule has 23 heavy (non-hydrogen) atoms. The van der Waals surface area contributed by atoms with Gasteiger partial charge in [-0.25, -0.2) is 0 Å². The van der Waals surface area contributed by atoms with Gasteiger partial charge in [0.2, 0.25) is 11.8 Å². The Morgan fingerprint density at radius 3 is 2.70 bits per heavy atom. The normalized spacial score (nSPS) is 15.1. The van der Waals surface area contributed by atoms with Gasteiger partial charge in [0.1, 0.15) is 0 Å². The van der Waals surface area contributed by atoms with Gasteiger partial charge >= 0.3 is 6.18 Å². The van der Waals surface area contributed by atoms with Gasteiger partial charge in [-0.05, 0) is 18.1 Å². The highest BCUT2D eigenvalue weighted by atomic mass is 19.4. The Morgan fingerprint density at radius 1 is 1.35 bits per heavy atom. The zero-order valence-electron chi connectivity index (χ0n) is 12.9. The van der Waals surface area contributed by atoms with E-state index in [9.17, 15) is 22.8 Å². The maximum absolute atomic E-state index is 12.7. The van der Waals surface area contributed by atoms with Gasteiger partial charge in [0.05, 0.1) is 12.0 Å². The molecule has 2 amide bonds. The van der Waals surface area contributed by atoms with Crippen LogP contribution in [0, 0.1) is 0 Å². The van der Waals surface area contributed by atoms with Crippen molar-refractivity contribution in [3.05, 3.63) is 35.4 Å². The number of benzene rings is 1. The maximum Gasteiger partial charge on any atom is 0.416 e. The first-order chi connectivity index (χ1) is 10.8. The van der Waals surface area contributed by atoms with Crippen LogP contribution in [0.15, 0.2) is 24.3 Å². The summed E-state index contributed by atoms with van der Waals surface area (Å²) in [5, 5.41) is 0. The Morgan fingerprint density at radius 2 is 2.09 bits per heavy atom. The van der Waals surface area contributed by atoms with Crippen molar-refractivity contribution in [1.29, 1.82) is 0 Å². The first-order valence-electron chi connectivity index (χ1n) is 7.45. The number of amides is 2. The second-order valence-electron chi connectivity index (χ2n) is 5.67. The maximum atomic E-state index is 12.7. The van der Waals surface area contributed by atoms with Gasteiger partial charge in [-0.3, -0.25) is 9.59 Å². The number of halogens is 3. The summed E-state index contributed by atoms with van der Waals surface area (Å²) in [5.41, 5.74) is -0.429. The van der Waals surface area contributed by atoms with E-state index < -0.39 is 11.7 Å². The Labute approximate surface area is 132 Å². The summed E-state index contributed by atoms with van der Waals surface area (Å²) in [6.07, 6.45) is -3.13. The molecule has 2 rings (SSSR count). The number of nitrogens with zero attached hydrogens (tertiary/aromatic N) is 2. The highest BCUT2D eigenvalue weighted by Gasteiger charge is 2.30. The van der Waals surface area contributed by atoms with Crippen molar-refractivity contribution in [3.8, 4) is 0 Å². The van der Waals surface area contributed by atoms with E-state index in [0.717, 1.165) is 18.6 Å². The van der Waals surface area contributed by atoms with Gasteiger partial charge < -0.3 is 9.80 Å². The highest BCUT2D eigenvalue weighted by molar-refractivity contribution is 5.79. The monoisotopic (exact) mass is 328 g/mol. The molecule has 0 bridgehead atoms. The first-order valence-corrected chi connectivity index (χ1v) is 7.45. The van der Waals surface area contributed by atoms with Gasteiger partial charge in [-0.15, -0.1) is 0 Å². The van der Waals surface area contributed by atoms with Crippen LogP contribution in [0.2, 0.25) is 0 Å². The average Bonchev–Trinajstić information content (AvgIpc) is 2.89. The fourth-order valence-corrected chi connectivity index (χ4v) is 2.50. The molecule has 0 radical (unpaired) electrons. The van der Waals surface area contributed by atoms with Crippen LogP contribution >= 0.6 is 0 Å². The van der Waals surface area contributed by atoms with Crippen LogP contribution in [-0.2, 0) is 22.2 Å². The molecule has 0 atom stereocenters. The van der Waals surface area contributed by atoms with Crippen molar-refractivity contribution in [2.24, 2.45) is 0 Å². The van der Waals surface area contributed by atoms with Crippen molar-refractivity contribution in [3.63, 3.8) is 0 Å². The van der Waals surface area contributed by atoms with Crippen LogP contribution in [0.25, 0.3) is 0 Å². The summed E-state index contributed by atoms with van der Waals surface area (Å²) in [6.45, 7) is 1.54. The van der Waals surface area contributed by atoms with Crippen LogP contribution in [0.3, 0.4) is 0 Å². The lowest BCUT2D eigenvalue weighted by Crippen LogP contribution is -2.37. The number of carbonyl (C=O) groups excluding carboxylic acids is 2. The van der Waals surface area contributed by atoms with Gasteiger partial charge in [-0.1, -0.05) is 18.2 Å². The molecule has 1 aromatic rings. The van der Waals surface area contributed by atoms with E-state index in [2.05, 4.69) is 0 Å². The molecule has 0 aliphatic carbocycles. The van der Waals surface area contributed by atoms with E-state index >= 15 is 0 Å². The molecule has 0 unspecified atom stereocenters. The Bertz CT molecular complexity index is 587. The first kappa shape index (κ1) is 17.3. The number of carbonyl (C=O) groups is 2. The molecular formula is C16H19F3N2O2. The fourth-order valence-electron chi connectivity index (χ4n) is 2.50. The topological polar surface area (TPSA) is 40.6 Å². The van der Waals surface area contributed by atoms with Gasteiger partial charge in [-0.2, -0.15) is 13.2 Å². The minimum Gasteiger partial charge on any atom is -0.344 e. The molecule has 1 fully saturated rings. The summed E-state index contributed by atoms with van der Waals surface area (Å²) in [6, 6.07) is 4.78. The Balaban J connectivity index is 1.89. The van der Waals surface area contributed by atoms with Gasteiger partial charge in [0.25, 0.3) is 0 Å². The predicted octanol–water partition coefficient (Wildman–Crippen LogP) is 2.33. The molecule has 0 spiro atoms. The van der Waals surface area contributed by atoms with Crippen molar-refractivity contribution >= 4 is 11.8 Å². The third-order valence-electron chi connectivity index (χ3n) is 3.91. The third kappa shape index (κ3) is 4.71. The van der Waals surface area contributed by atoms with Crippen LogP contribution in [0.4, 0.5) is 13.2 Å². The van der Waals surface area contributed by atoms with E-state index in [0.29, 0.717) is 31.6 Å². The molecule has 7 heteroatoms. The van der Waals surface area contributed by atoms with E-state index in [-0.39, 0.29) is 18.2 Å². The molecule has 0 N–H and O–H groups in total. The van der Waals surface area contributed by atoms with Gasteiger partial charge in [0.15, 0.2) is 0 Å². The average molecular weight is 328 g/mol. The zero-order chi connectivity index (χ0) is 17.0. The number of hydrogen-bond acceptors (Lipinski definition) is 2. The summed E-state index contributed by atoms with van der Waals surface area (Å²) in [4.78, 5) is 26.7. The lowest BCUT2D eigenvalue weighted by atomic mass is 10.1. The van der Waals surface area contributed by atoms with Crippen molar-refractivity contribution in [2.75, 3.05) is 26.7 Å². The molecule has 0 aromatic heterocycles. The lowest BCUT2D eigenvalue weighted by Gasteiger charge is -2.22. The van der Waals surface area contributed by atoms with Crippen molar-refractivity contribution < 1.29 is 22.8 Å². The van der Waals surface area contributed by atoms with Crippen LogP contribution in [0.1, 0.15) is 24.0 Å². The van der Waals surface area contributed by atoms with E-state index in [1.54, 1.807) is 11.9 Å². The number of rotatable bonds is 5.